The van der Waals surface area contributed by atoms with Crippen LogP contribution in [-0.4, -0.2) is 14.1 Å². The highest BCUT2D eigenvalue weighted by atomic mass is 16.5. The quantitative estimate of drug-likeness (QED) is 0.112. The molecule has 3 heterocycles. The molecule has 2 aliphatic carbocycles. The molecule has 12 rings (SSSR count). The minimum atomic E-state index is -4.86. The minimum absolute atomic E-state index is 0.0262. The third-order valence-electron chi connectivity index (χ3n) is 12.8. The summed E-state index contributed by atoms with van der Waals surface area (Å²) in [5.74, 6) is 0.658. The van der Waals surface area contributed by atoms with Crippen LogP contribution in [0, 0.1) is 11.7 Å². The lowest BCUT2D eigenvalue weighted by molar-refractivity contribution is -0.571. The van der Waals surface area contributed by atoms with Crippen LogP contribution in [-0.2, 0) is 28.0 Å². The summed E-state index contributed by atoms with van der Waals surface area (Å²) in [4.78, 5) is 4.68. The second-order valence-electron chi connectivity index (χ2n) is 19.4. The maximum atomic E-state index is 10.4. The Labute approximate surface area is 494 Å². The molecule has 74 heavy (non-hydrogen) atoms. The molecule has 7 aromatic carbocycles. The Morgan fingerprint density at radius 2 is 1.20 bits per heavy atom. The van der Waals surface area contributed by atoms with Crippen molar-refractivity contribution < 1.29 is 64.1 Å². The Hall–Kier alpha value is -7.24. The smallest absolute Gasteiger partial charge is 0.269 e. The second-order valence-corrected chi connectivity index (χ2v) is 19.4. The van der Waals surface area contributed by atoms with Crippen LogP contribution in [0.15, 0.2) is 164 Å². The summed E-state index contributed by atoms with van der Waals surface area (Å²) in [6.45, 7) is -31.1. The molecule has 0 aliphatic heterocycles. The van der Waals surface area contributed by atoms with Crippen molar-refractivity contribution >= 4 is 32.8 Å². The predicted octanol–water partition coefficient (Wildman–Crippen LogP) is 17.6. The zero-order valence-corrected chi connectivity index (χ0v) is 39.8. The van der Waals surface area contributed by atoms with E-state index in [1.54, 1.807) is 51.1 Å². The van der Waals surface area contributed by atoms with Gasteiger partial charge in [0.15, 0.2) is 0 Å². The summed E-state index contributed by atoms with van der Waals surface area (Å²) in [5.41, 5.74) is -31.1. The number of fused-ring (bicyclic) bond motifs is 6. The molecule has 372 valence electrons. The van der Waals surface area contributed by atoms with Crippen molar-refractivity contribution in [3.63, 3.8) is 0 Å². The summed E-state index contributed by atoms with van der Waals surface area (Å²) in [6, 6.07) is 19.6. The lowest BCUT2D eigenvalue weighted by Crippen LogP contribution is -2.34. The van der Waals surface area contributed by atoms with E-state index in [1.165, 1.54) is 59.3 Å². The number of imidazole rings is 1. The highest BCUT2D eigenvalue weighted by Gasteiger charge is 2.39. The Morgan fingerprint density at radius 1 is 0.622 bits per heavy atom. The lowest BCUT2D eigenvalue weighted by atomic mass is 9.62. The zero-order valence-electron chi connectivity index (χ0n) is 79.8. The SMILES string of the molecule is [2H]c1c([2H])c2c(c([2H])c1-c1cccc(-c3c([2H])c([2H])c4c(c3[2H])C(C([2H])([2H])[2H])(C([2H])([2H])[2H])C([2H])([2H])C([2H])([2H])C4(C([2H])([2H])[2H])C([2H])([2H])[2H])c1-[n+]1[c-]n(-c3cccc(Oc4ccc5c6ccccc6n(-c6cc(C([2H])([2H])C(C)(C)C)ccn6)c5c4)c3)c3ccccc31)C(C([2H])([2H])[2H])(C([2H])([2H])[2H])C([2H])([2H])C([2H])([2H])C2(C([2H])([2H])[2H])C([2H])([2H])[2H]. The van der Waals surface area contributed by atoms with Crippen LogP contribution < -0.4 is 9.30 Å². The summed E-state index contributed by atoms with van der Waals surface area (Å²) in [6.07, 6.45) is -16.6. The lowest BCUT2D eigenvalue weighted by Gasteiger charge is -2.42. The van der Waals surface area contributed by atoms with Crippen LogP contribution in [0.4, 0.5) is 0 Å². The van der Waals surface area contributed by atoms with Crippen molar-refractivity contribution in [2.45, 2.75) is 129 Å². The van der Waals surface area contributed by atoms with Gasteiger partial charge in [-0.2, -0.15) is 0 Å². The molecule has 0 bridgehead atoms. The second kappa shape index (κ2) is 17.2. The number of pyridine rings is 1. The van der Waals surface area contributed by atoms with Crippen LogP contribution in [0.25, 0.3) is 72.3 Å². The molecule has 10 aromatic rings. The molecule has 0 amide bonds. The highest BCUT2D eigenvalue weighted by Crippen LogP contribution is 2.50. The van der Waals surface area contributed by atoms with Crippen LogP contribution in [0.2, 0.25) is 0 Å². The van der Waals surface area contributed by atoms with E-state index < -0.39 is 200 Å². The molecule has 0 saturated heterocycles. The van der Waals surface area contributed by atoms with Crippen molar-refractivity contribution in [3.8, 4) is 50.9 Å². The molecule has 0 saturated carbocycles. The van der Waals surface area contributed by atoms with Gasteiger partial charge in [-0.15, -0.1) is 0 Å². The fraction of sp³-hybridized carbons (Fsp3) is 0.304. The molecule has 0 radical (unpaired) electrons. The van der Waals surface area contributed by atoms with Gasteiger partial charge < -0.3 is 4.74 Å². The molecule has 0 N–H and O–H groups in total. The maximum absolute atomic E-state index is 10.4. The van der Waals surface area contributed by atoms with Gasteiger partial charge in [0.1, 0.15) is 17.3 Å². The van der Waals surface area contributed by atoms with E-state index in [4.69, 9.17) is 40.4 Å². The average molecular weight is 1010 g/mol. The summed E-state index contributed by atoms with van der Waals surface area (Å²) in [5, 5.41) is 1.53. The van der Waals surface area contributed by atoms with Gasteiger partial charge >= 0.3 is 0 Å². The van der Waals surface area contributed by atoms with E-state index in [-0.39, 0.29) is 28.2 Å². The van der Waals surface area contributed by atoms with Gasteiger partial charge in [-0.3, -0.25) is 13.7 Å². The van der Waals surface area contributed by atoms with E-state index in [2.05, 4.69) is 11.3 Å². The topological polar surface area (TPSA) is 35.9 Å². The summed E-state index contributed by atoms with van der Waals surface area (Å²) >= 11 is 0. The molecule has 3 aromatic heterocycles. The molecule has 0 unspecified atom stereocenters. The Kier molecular flexibility index (Phi) is 4.83. The number of ether oxygens (including phenoxy) is 1. The number of para-hydroxylation sites is 4. The van der Waals surface area contributed by atoms with E-state index >= 15 is 0 Å². The molecule has 0 fully saturated rings. The van der Waals surface area contributed by atoms with Crippen molar-refractivity contribution in [2.75, 3.05) is 0 Å². The first-order chi connectivity index (χ1) is 51.6. The van der Waals surface area contributed by atoms with E-state index in [0.717, 1.165) is 33.5 Å². The predicted molar refractivity (Wildman–Crippen MR) is 307 cm³/mol. The molecule has 2 aliphatic rings. The third kappa shape index (κ3) is 8.24. The van der Waals surface area contributed by atoms with Gasteiger partial charge in [-0.1, -0.05) is 179 Å². The molecular weight excluding hydrogens is 901 g/mol. The fourth-order valence-corrected chi connectivity index (χ4v) is 9.57. The molecule has 0 atom stereocenters. The van der Waals surface area contributed by atoms with Gasteiger partial charge in [-0.05, 0) is 158 Å². The number of hydrogen-bond acceptors (Lipinski definition) is 2. The standard InChI is InChI=1S/C69H70N4O/c1-65(2,3)43-45-32-37-70-63(38-45)73-59-23-13-12-20-53(59)54-29-28-50(42-62(54)73)74-49-19-16-18-48(41-49)71-44-72(61-25-15-14-24-60(61)71)64-51(46-26-30-55-57(39-46)68(8,9)35-33-66(55,4)5)21-17-22-52(64)47-27-31-56-58(40-47)69(10,11)36-34-67(56,6)7/h12-32,37-42H,33-36,43H2,1-11H3/i4D3,5D3,6D3,7D3,8D3,9D3,10D3,11D3,26D,27D,30D,31D,33D2,34D2,35D2,36D2,39D,40D,43D2. The van der Waals surface area contributed by atoms with Crippen LogP contribution in [0.1, 0.15) is 184 Å². The molecule has 5 heteroatoms. The van der Waals surface area contributed by atoms with Crippen molar-refractivity contribution in [1.82, 2.24) is 14.1 Å². The first kappa shape index (κ1) is 20.8. The number of hydrogen-bond donors (Lipinski definition) is 0. The first-order valence-electron chi connectivity index (χ1n) is 43.3. The normalized spacial score (nSPS) is 28.8. The van der Waals surface area contributed by atoms with Gasteiger partial charge in [0, 0.05) is 69.6 Å². The molecule has 0 spiro atoms. The fourth-order valence-electron chi connectivity index (χ4n) is 9.57. The number of aromatic nitrogens is 4. The Bertz CT molecular complexity index is 5370. The highest BCUT2D eigenvalue weighted by molar-refractivity contribution is 6.09. The van der Waals surface area contributed by atoms with Crippen LogP contribution in [0.3, 0.4) is 0 Å². The van der Waals surface area contributed by atoms with Gasteiger partial charge in [0.25, 0.3) is 6.33 Å². The third-order valence-corrected chi connectivity index (χ3v) is 12.8. The monoisotopic (exact) mass is 1010 g/mol. The van der Waals surface area contributed by atoms with Crippen molar-refractivity contribution in [2.24, 2.45) is 5.41 Å². The van der Waals surface area contributed by atoms with Gasteiger partial charge in [0.05, 0.1) is 41.7 Å². The molecular formula is C69H70N4O. The van der Waals surface area contributed by atoms with E-state index in [1.807, 2.05) is 28.8 Å². The van der Waals surface area contributed by atoms with Crippen LogP contribution in [0.5, 0.6) is 11.5 Å². The summed E-state index contributed by atoms with van der Waals surface area (Å²) in [7, 11) is 0. The number of benzene rings is 7. The average Bonchev–Trinajstić information content (AvgIpc) is 0.684. The number of nitrogens with zero attached hydrogens (tertiary/aromatic N) is 4. The molecule has 5 nitrogen and oxygen atoms in total. The maximum Gasteiger partial charge on any atom is 0.269 e. The minimum Gasteiger partial charge on any atom is -0.458 e. The largest absolute Gasteiger partial charge is 0.458 e. The van der Waals surface area contributed by atoms with Crippen LogP contribution >= 0.6 is 0 Å². The van der Waals surface area contributed by atoms with Gasteiger partial charge in [-0.25, -0.2) is 4.98 Å². The first-order valence-corrected chi connectivity index (χ1v) is 23.3. The number of rotatable bonds is 8. The van der Waals surface area contributed by atoms with Crippen molar-refractivity contribution in [1.29, 1.82) is 0 Å². The van der Waals surface area contributed by atoms with Crippen molar-refractivity contribution in [3.05, 3.63) is 198 Å². The Balaban J connectivity index is 1.24. The van der Waals surface area contributed by atoms with E-state index in [9.17, 15) is 19.2 Å². The van der Waals surface area contributed by atoms with E-state index in [0.29, 0.717) is 22.4 Å². The van der Waals surface area contributed by atoms with Gasteiger partial charge in [0.2, 0.25) is 0 Å². The zero-order chi connectivity index (χ0) is 85.7. The summed E-state index contributed by atoms with van der Waals surface area (Å²) < 4.78 is 381. The Morgan fingerprint density at radius 3 is 1.85 bits per heavy atom.